The van der Waals surface area contributed by atoms with E-state index in [1.54, 1.807) is 12.0 Å². The van der Waals surface area contributed by atoms with Crippen molar-refractivity contribution < 1.29 is 14.3 Å². The summed E-state index contributed by atoms with van der Waals surface area (Å²) in [6.07, 6.45) is 4.14. The topological polar surface area (TPSA) is 61.9 Å². The van der Waals surface area contributed by atoms with Crippen molar-refractivity contribution >= 4 is 17.5 Å². The maximum Gasteiger partial charge on any atom is 0.227 e. The second kappa shape index (κ2) is 10.2. The minimum atomic E-state index is -0.329. The van der Waals surface area contributed by atoms with Crippen molar-refractivity contribution in [2.75, 3.05) is 25.1 Å². The molecule has 0 saturated carbocycles. The molecule has 2 aliphatic heterocycles. The molecule has 2 aliphatic rings. The first kappa shape index (κ1) is 22.3. The van der Waals surface area contributed by atoms with Crippen LogP contribution < -0.4 is 15.0 Å². The van der Waals surface area contributed by atoms with Crippen LogP contribution in [0.25, 0.3) is 0 Å². The highest BCUT2D eigenvalue weighted by atomic mass is 16.5. The number of piperidine rings is 1. The van der Waals surface area contributed by atoms with Crippen LogP contribution in [0.5, 0.6) is 5.75 Å². The number of nitrogens with one attached hydrogen (secondary N) is 1. The molecule has 2 heterocycles. The Hall–Kier alpha value is -2.86. The van der Waals surface area contributed by atoms with Gasteiger partial charge in [0.25, 0.3) is 0 Å². The Morgan fingerprint density at radius 2 is 1.78 bits per heavy atom. The van der Waals surface area contributed by atoms with Crippen molar-refractivity contribution in [2.24, 2.45) is 5.92 Å². The van der Waals surface area contributed by atoms with E-state index in [-0.39, 0.29) is 24.2 Å². The monoisotopic (exact) mass is 435 g/mol. The van der Waals surface area contributed by atoms with E-state index in [2.05, 4.69) is 41.4 Å². The fourth-order valence-electron chi connectivity index (χ4n) is 4.62. The number of nitrogens with zero attached hydrogens (tertiary/aromatic N) is 2. The lowest BCUT2D eigenvalue weighted by Crippen LogP contribution is -2.36. The summed E-state index contributed by atoms with van der Waals surface area (Å²) in [6, 6.07) is 16.5. The first-order chi connectivity index (χ1) is 15.5. The van der Waals surface area contributed by atoms with Crippen LogP contribution >= 0.6 is 0 Å². The fraction of sp³-hybridized carbons (Fsp3) is 0.462. The van der Waals surface area contributed by atoms with Crippen LogP contribution in [0.3, 0.4) is 0 Å². The zero-order chi connectivity index (χ0) is 22.5. The molecule has 170 valence electrons. The van der Waals surface area contributed by atoms with Gasteiger partial charge >= 0.3 is 0 Å². The van der Waals surface area contributed by atoms with E-state index < -0.39 is 0 Å². The molecule has 32 heavy (non-hydrogen) atoms. The second-order valence-corrected chi connectivity index (χ2v) is 8.95. The molecular formula is C26H33N3O3. The molecular weight excluding hydrogens is 402 g/mol. The molecule has 2 aromatic carbocycles. The van der Waals surface area contributed by atoms with Crippen molar-refractivity contribution in [2.45, 2.75) is 51.7 Å². The average Bonchev–Trinajstić information content (AvgIpc) is 3.21. The molecule has 2 atom stereocenters. The predicted molar refractivity (Wildman–Crippen MR) is 125 cm³/mol. The second-order valence-electron chi connectivity index (χ2n) is 8.95. The number of carbonyl (C=O) groups is 2. The van der Waals surface area contributed by atoms with E-state index in [1.165, 1.54) is 31.4 Å². The Kier molecular flexibility index (Phi) is 7.10. The third-order valence-electron chi connectivity index (χ3n) is 6.70. The van der Waals surface area contributed by atoms with E-state index in [0.29, 0.717) is 19.1 Å². The minimum absolute atomic E-state index is 0.0217. The lowest BCUT2D eigenvalue weighted by molar-refractivity contribution is -0.126. The summed E-state index contributed by atoms with van der Waals surface area (Å²) in [6.45, 7) is 5.36. The maximum atomic E-state index is 12.7. The molecule has 4 rings (SSSR count). The van der Waals surface area contributed by atoms with Crippen LogP contribution in [0.2, 0.25) is 0 Å². The number of benzene rings is 2. The lowest BCUT2D eigenvalue weighted by atomic mass is 10.0. The zero-order valence-electron chi connectivity index (χ0n) is 19.0. The van der Waals surface area contributed by atoms with Crippen LogP contribution in [-0.2, 0) is 22.7 Å². The number of anilines is 1. The van der Waals surface area contributed by atoms with Gasteiger partial charge in [0.05, 0.1) is 13.0 Å². The molecule has 2 unspecified atom stereocenters. The number of ether oxygens (including phenoxy) is 1. The standard InChI is InChI=1S/C26H33N3O3/c1-19-5-3-4-14-28(19)17-21-8-6-20(7-9-21)16-27-26(31)22-15-25(30)29(18-22)23-10-12-24(32-2)13-11-23/h6-13,19,22H,3-5,14-18H2,1-2H3,(H,27,31). The number of methoxy groups -OCH3 is 1. The molecule has 1 N–H and O–H groups in total. The quantitative estimate of drug-likeness (QED) is 0.720. The summed E-state index contributed by atoms with van der Waals surface area (Å²) in [7, 11) is 1.61. The molecule has 2 amide bonds. The number of hydrogen-bond acceptors (Lipinski definition) is 4. The third kappa shape index (κ3) is 5.30. The van der Waals surface area contributed by atoms with Gasteiger partial charge in [-0.25, -0.2) is 0 Å². The first-order valence-electron chi connectivity index (χ1n) is 11.6. The van der Waals surface area contributed by atoms with Gasteiger partial charge in [-0.2, -0.15) is 0 Å². The summed E-state index contributed by atoms with van der Waals surface area (Å²) < 4.78 is 5.17. The molecule has 2 aromatic rings. The van der Waals surface area contributed by atoms with E-state index in [4.69, 9.17) is 4.74 Å². The van der Waals surface area contributed by atoms with Crippen LogP contribution in [0.4, 0.5) is 5.69 Å². The summed E-state index contributed by atoms with van der Waals surface area (Å²) in [4.78, 5) is 29.4. The van der Waals surface area contributed by atoms with E-state index >= 15 is 0 Å². The smallest absolute Gasteiger partial charge is 0.227 e. The highest BCUT2D eigenvalue weighted by Crippen LogP contribution is 2.27. The maximum absolute atomic E-state index is 12.7. The Morgan fingerprint density at radius 1 is 1.06 bits per heavy atom. The minimum Gasteiger partial charge on any atom is -0.497 e. The van der Waals surface area contributed by atoms with Gasteiger partial charge in [0.1, 0.15) is 5.75 Å². The molecule has 0 spiro atoms. The zero-order valence-corrected chi connectivity index (χ0v) is 19.0. The molecule has 0 bridgehead atoms. The van der Waals surface area contributed by atoms with Gasteiger partial charge in [-0.3, -0.25) is 14.5 Å². The molecule has 0 aliphatic carbocycles. The average molecular weight is 436 g/mol. The highest BCUT2D eigenvalue weighted by molar-refractivity contribution is 6.00. The molecule has 2 fully saturated rings. The van der Waals surface area contributed by atoms with Gasteiger partial charge in [0.2, 0.25) is 11.8 Å². The number of likely N-dealkylation sites (tertiary alicyclic amines) is 1. The Morgan fingerprint density at radius 3 is 2.47 bits per heavy atom. The van der Waals surface area contributed by atoms with Crippen molar-refractivity contribution in [3.63, 3.8) is 0 Å². The molecule has 0 radical (unpaired) electrons. The normalized spacial score (nSPS) is 21.6. The van der Waals surface area contributed by atoms with E-state index in [1.807, 2.05) is 24.3 Å². The molecule has 0 aromatic heterocycles. The number of amides is 2. The number of hydrogen-bond donors (Lipinski definition) is 1. The van der Waals surface area contributed by atoms with Crippen molar-refractivity contribution in [3.8, 4) is 5.75 Å². The van der Waals surface area contributed by atoms with Crippen LogP contribution in [0.15, 0.2) is 48.5 Å². The van der Waals surface area contributed by atoms with Gasteiger partial charge in [-0.1, -0.05) is 30.7 Å². The van der Waals surface area contributed by atoms with Gasteiger partial charge in [0.15, 0.2) is 0 Å². The SMILES string of the molecule is COc1ccc(N2CC(C(=O)NCc3ccc(CN4CCCCC4C)cc3)CC2=O)cc1. The van der Waals surface area contributed by atoms with E-state index in [9.17, 15) is 9.59 Å². The van der Waals surface area contributed by atoms with Crippen LogP contribution in [0.1, 0.15) is 43.7 Å². The third-order valence-corrected chi connectivity index (χ3v) is 6.70. The fourth-order valence-corrected chi connectivity index (χ4v) is 4.62. The molecule has 6 nitrogen and oxygen atoms in total. The van der Waals surface area contributed by atoms with Crippen LogP contribution in [-0.4, -0.2) is 43.0 Å². The van der Waals surface area contributed by atoms with Crippen molar-refractivity contribution in [1.29, 1.82) is 0 Å². The highest BCUT2D eigenvalue weighted by Gasteiger charge is 2.35. The summed E-state index contributed by atoms with van der Waals surface area (Å²) in [5, 5.41) is 3.01. The van der Waals surface area contributed by atoms with Gasteiger partial charge < -0.3 is 15.0 Å². The summed E-state index contributed by atoms with van der Waals surface area (Å²) >= 11 is 0. The molecule has 2 saturated heterocycles. The van der Waals surface area contributed by atoms with Crippen molar-refractivity contribution in [1.82, 2.24) is 10.2 Å². The number of carbonyl (C=O) groups excluding carboxylic acids is 2. The Balaban J connectivity index is 1.27. The van der Waals surface area contributed by atoms with E-state index in [0.717, 1.165) is 23.5 Å². The predicted octanol–water partition coefficient (Wildman–Crippen LogP) is 3.74. The van der Waals surface area contributed by atoms with Gasteiger partial charge in [-0.05, 0) is 61.7 Å². The summed E-state index contributed by atoms with van der Waals surface area (Å²) in [5.41, 5.74) is 3.18. The lowest BCUT2D eigenvalue weighted by Gasteiger charge is -2.33. The van der Waals surface area contributed by atoms with Gasteiger partial charge in [0, 0.05) is 37.8 Å². The van der Waals surface area contributed by atoms with Crippen LogP contribution in [0, 0.1) is 5.92 Å². The summed E-state index contributed by atoms with van der Waals surface area (Å²) in [5.74, 6) is 0.322. The molecule has 6 heteroatoms. The first-order valence-corrected chi connectivity index (χ1v) is 11.6. The largest absolute Gasteiger partial charge is 0.497 e. The Labute approximate surface area is 190 Å². The number of rotatable bonds is 7. The van der Waals surface area contributed by atoms with Gasteiger partial charge in [-0.15, -0.1) is 0 Å². The van der Waals surface area contributed by atoms with Crippen molar-refractivity contribution in [3.05, 3.63) is 59.7 Å². The Bertz CT molecular complexity index is 926.